The van der Waals surface area contributed by atoms with Crippen molar-refractivity contribution in [2.75, 3.05) is 7.11 Å². The van der Waals surface area contributed by atoms with E-state index in [1.165, 1.54) is 0 Å². The molecule has 2 N–H and O–H groups in total. The van der Waals surface area contributed by atoms with Crippen molar-refractivity contribution in [2.45, 2.75) is 32.7 Å². The number of nitrogens with zero attached hydrogens (tertiary/aromatic N) is 1. The molecule has 1 unspecified atom stereocenters. The summed E-state index contributed by atoms with van der Waals surface area (Å²) >= 11 is 5.93. The maximum absolute atomic E-state index is 6.49. The zero-order valence-corrected chi connectivity index (χ0v) is 13.7. The second-order valence-corrected chi connectivity index (χ2v) is 6.08. The van der Waals surface area contributed by atoms with E-state index >= 15 is 0 Å². The highest BCUT2D eigenvalue weighted by Gasteiger charge is 2.24. The van der Waals surface area contributed by atoms with Gasteiger partial charge in [-0.05, 0) is 38.5 Å². The molecule has 1 heterocycles. The Hall–Kier alpha value is -1.58. The topological polar surface area (TPSA) is 48.1 Å². The first-order chi connectivity index (χ1) is 9.85. The molecule has 2 aromatic rings. The molecule has 4 heteroatoms. The van der Waals surface area contributed by atoms with Crippen molar-refractivity contribution in [2.24, 2.45) is 5.73 Å². The Morgan fingerprint density at radius 3 is 2.43 bits per heavy atom. The number of ether oxygens (including phenoxy) is 1. The number of methoxy groups -OCH3 is 1. The van der Waals surface area contributed by atoms with Crippen LogP contribution < -0.4 is 10.5 Å². The van der Waals surface area contributed by atoms with Gasteiger partial charge in [0.15, 0.2) is 0 Å². The summed E-state index contributed by atoms with van der Waals surface area (Å²) in [5.74, 6) is 0.881. The molecule has 1 aromatic heterocycles. The number of halogens is 1. The molecule has 3 nitrogen and oxygen atoms in total. The first-order valence-electron chi connectivity index (χ1n) is 6.89. The highest BCUT2D eigenvalue weighted by molar-refractivity contribution is 6.30. The summed E-state index contributed by atoms with van der Waals surface area (Å²) in [6.45, 7) is 6.01. The van der Waals surface area contributed by atoms with Crippen LogP contribution in [0.3, 0.4) is 0 Å². The quantitative estimate of drug-likeness (QED) is 0.935. The maximum atomic E-state index is 6.49. The number of benzene rings is 1. The fraction of sp³-hybridized carbons (Fsp3) is 0.353. The van der Waals surface area contributed by atoms with E-state index in [0.29, 0.717) is 11.4 Å². The summed E-state index contributed by atoms with van der Waals surface area (Å²) in [5.41, 5.74) is 10.1. The molecule has 0 aliphatic heterocycles. The smallest absolute Gasteiger partial charge is 0.128 e. The molecule has 0 aliphatic rings. The summed E-state index contributed by atoms with van der Waals surface area (Å²) in [7, 11) is 1.68. The average molecular weight is 305 g/mol. The van der Waals surface area contributed by atoms with Gasteiger partial charge in [0.1, 0.15) is 5.75 Å². The first kappa shape index (κ1) is 15.8. The van der Waals surface area contributed by atoms with E-state index in [-0.39, 0.29) is 0 Å². The zero-order chi connectivity index (χ0) is 15.6. The number of aryl methyl sites for hydroxylation is 1. The van der Waals surface area contributed by atoms with Crippen molar-refractivity contribution in [3.8, 4) is 5.75 Å². The Morgan fingerprint density at radius 1 is 1.24 bits per heavy atom. The fourth-order valence-electron chi connectivity index (χ4n) is 2.53. The zero-order valence-electron chi connectivity index (χ0n) is 12.9. The molecule has 0 fully saturated rings. The maximum Gasteiger partial charge on any atom is 0.128 e. The van der Waals surface area contributed by atoms with Crippen LogP contribution in [0.4, 0.5) is 0 Å². The predicted octanol–water partition coefficient (Wildman–Crippen LogP) is 3.78. The van der Waals surface area contributed by atoms with Crippen molar-refractivity contribution in [3.05, 3.63) is 57.9 Å². The lowest BCUT2D eigenvalue weighted by molar-refractivity contribution is 0.404. The molecule has 21 heavy (non-hydrogen) atoms. The molecule has 0 spiro atoms. The normalized spacial score (nSPS) is 13.8. The van der Waals surface area contributed by atoms with Gasteiger partial charge in [-0.25, -0.2) is 0 Å². The van der Waals surface area contributed by atoms with Crippen LogP contribution in [-0.2, 0) is 12.0 Å². The van der Waals surface area contributed by atoms with Gasteiger partial charge in [-0.2, -0.15) is 0 Å². The van der Waals surface area contributed by atoms with Crippen LogP contribution in [0.25, 0.3) is 0 Å². The van der Waals surface area contributed by atoms with Gasteiger partial charge in [0, 0.05) is 40.0 Å². The molecule has 112 valence electrons. The molecule has 0 saturated heterocycles. The van der Waals surface area contributed by atoms with Crippen molar-refractivity contribution in [1.82, 2.24) is 4.98 Å². The second kappa shape index (κ2) is 6.04. The molecule has 0 saturated carbocycles. The standard InChI is InChI=1S/C17H21ClN2O/c1-11-10-20-15(12(2)16(11)21-4)9-17(3,19)13-5-7-14(18)8-6-13/h5-8,10H,9,19H2,1-4H3. The number of hydrogen-bond acceptors (Lipinski definition) is 3. The minimum atomic E-state index is -0.511. The number of nitrogens with two attached hydrogens (primary N) is 1. The van der Waals surface area contributed by atoms with Crippen LogP contribution in [0.1, 0.15) is 29.3 Å². The molecule has 1 atom stereocenters. The van der Waals surface area contributed by atoms with Crippen LogP contribution in [0.5, 0.6) is 5.75 Å². The number of pyridine rings is 1. The molecule has 0 aliphatic carbocycles. The Balaban J connectivity index is 2.34. The van der Waals surface area contributed by atoms with E-state index in [1.54, 1.807) is 7.11 Å². The van der Waals surface area contributed by atoms with Gasteiger partial charge in [0.05, 0.1) is 7.11 Å². The van der Waals surface area contributed by atoms with E-state index < -0.39 is 5.54 Å². The molecular weight excluding hydrogens is 284 g/mol. The first-order valence-corrected chi connectivity index (χ1v) is 7.27. The largest absolute Gasteiger partial charge is 0.496 e. The van der Waals surface area contributed by atoms with E-state index in [4.69, 9.17) is 22.1 Å². The second-order valence-electron chi connectivity index (χ2n) is 5.65. The van der Waals surface area contributed by atoms with Gasteiger partial charge >= 0.3 is 0 Å². The van der Waals surface area contributed by atoms with Crippen LogP contribution in [0, 0.1) is 13.8 Å². The molecular formula is C17H21ClN2O. The van der Waals surface area contributed by atoms with Crippen LogP contribution in [-0.4, -0.2) is 12.1 Å². The molecule has 0 radical (unpaired) electrons. The molecule has 2 rings (SSSR count). The summed E-state index contributed by atoms with van der Waals surface area (Å²) in [6, 6.07) is 7.64. The number of rotatable bonds is 4. The van der Waals surface area contributed by atoms with E-state index in [2.05, 4.69) is 4.98 Å². The summed E-state index contributed by atoms with van der Waals surface area (Å²) in [4.78, 5) is 4.53. The van der Waals surface area contributed by atoms with Gasteiger partial charge in [-0.3, -0.25) is 4.98 Å². The van der Waals surface area contributed by atoms with Gasteiger partial charge in [0.25, 0.3) is 0 Å². The Labute approximate surface area is 131 Å². The van der Waals surface area contributed by atoms with Gasteiger partial charge in [-0.1, -0.05) is 23.7 Å². The minimum Gasteiger partial charge on any atom is -0.496 e. The molecule has 1 aromatic carbocycles. The molecule has 0 bridgehead atoms. The lowest BCUT2D eigenvalue weighted by Gasteiger charge is -2.26. The SMILES string of the molecule is COc1c(C)cnc(CC(C)(N)c2ccc(Cl)cc2)c1C. The van der Waals surface area contributed by atoms with Crippen molar-refractivity contribution < 1.29 is 4.74 Å². The van der Waals surface area contributed by atoms with Crippen molar-refractivity contribution in [1.29, 1.82) is 0 Å². The Bertz CT molecular complexity index is 636. The third-order valence-electron chi connectivity index (χ3n) is 3.79. The van der Waals surface area contributed by atoms with Gasteiger partial charge in [0.2, 0.25) is 0 Å². The van der Waals surface area contributed by atoms with Crippen molar-refractivity contribution >= 4 is 11.6 Å². The predicted molar refractivity (Wildman–Crippen MR) is 87.0 cm³/mol. The average Bonchev–Trinajstić information content (AvgIpc) is 2.43. The third kappa shape index (κ3) is 3.36. The van der Waals surface area contributed by atoms with E-state index in [0.717, 1.165) is 28.1 Å². The summed E-state index contributed by atoms with van der Waals surface area (Å²) in [5, 5.41) is 0.709. The lowest BCUT2D eigenvalue weighted by Crippen LogP contribution is -2.36. The Kier molecular flexibility index (Phi) is 4.55. The van der Waals surface area contributed by atoms with Gasteiger partial charge in [-0.15, -0.1) is 0 Å². The van der Waals surface area contributed by atoms with Crippen LogP contribution in [0.15, 0.2) is 30.5 Å². The highest BCUT2D eigenvalue weighted by Crippen LogP contribution is 2.29. The molecule has 0 amide bonds. The summed E-state index contributed by atoms with van der Waals surface area (Å²) in [6.07, 6.45) is 2.47. The van der Waals surface area contributed by atoms with Crippen molar-refractivity contribution in [3.63, 3.8) is 0 Å². The van der Waals surface area contributed by atoms with E-state index in [1.807, 2.05) is 51.2 Å². The number of hydrogen-bond donors (Lipinski definition) is 1. The van der Waals surface area contributed by atoms with E-state index in [9.17, 15) is 0 Å². The highest BCUT2D eigenvalue weighted by atomic mass is 35.5. The third-order valence-corrected chi connectivity index (χ3v) is 4.04. The lowest BCUT2D eigenvalue weighted by atomic mass is 9.87. The fourth-order valence-corrected chi connectivity index (χ4v) is 2.66. The van der Waals surface area contributed by atoms with Crippen LogP contribution >= 0.6 is 11.6 Å². The minimum absolute atomic E-state index is 0.511. The monoisotopic (exact) mass is 304 g/mol. The number of aromatic nitrogens is 1. The summed E-state index contributed by atoms with van der Waals surface area (Å²) < 4.78 is 5.45. The Morgan fingerprint density at radius 2 is 1.86 bits per heavy atom. The van der Waals surface area contributed by atoms with Gasteiger partial charge < -0.3 is 10.5 Å². The van der Waals surface area contributed by atoms with Crippen LogP contribution in [0.2, 0.25) is 5.02 Å².